The molecule has 0 spiro atoms. The second kappa shape index (κ2) is 11.8. The molecule has 0 amide bonds. The molecule has 0 aromatic heterocycles. The average Bonchev–Trinajstić information content (AvgIpc) is 2.99. The van der Waals surface area contributed by atoms with Gasteiger partial charge in [-0.25, -0.2) is 0 Å². The van der Waals surface area contributed by atoms with Crippen LogP contribution in [0.3, 0.4) is 0 Å². The van der Waals surface area contributed by atoms with E-state index in [1.54, 1.807) is 20.8 Å². The number of aliphatic hydroxyl groups excluding tert-OH is 4. The molecule has 14 heteroatoms. The summed E-state index contributed by atoms with van der Waals surface area (Å²) in [7, 11) is 0. The predicted molar refractivity (Wildman–Crippen MR) is 154 cm³/mol. The third-order valence-electron chi connectivity index (χ3n) is 9.69. The topological polar surface area (TPSA) is 233 Å². The van der Waals surface area contributed by atoms with Gasteiger partial charge in [-0.3, -0.25) is 9.59 Å². The molecule has 14 nitrogen and oxygen atoms in total. The van der Waals surface area contributed by atoms with Gasteiger partial charge in [-0.05, 0) is 26.3 Å². The van der Waals surface area contributed by atoms with Gasteiger partial charge in [-0.15, -0.1) is 0 Å². The van der Waals surface area contributed by atoms with E-state index in [9.17, 15) is 50.4 Å². The van der Waals surface area contributed by atoms with Gasteiger partial charge in [0.1, 0.15) is 35.6 Å². The van der Waals surface area contributed by atoms with Crippen molar-refractivity contribution in [1.29, 1.82) is 0 Å². The summed E-state index contributed by atoms with van der Waals surface area (Å²) in [6.07, 6.45) is -11.6. The zero-order chi connectivity index (χ0) is 33.4. The Balaban J connectivity index is 1.32. The highest BCUT2D eigenvalue weighted by Crippen LogP contribution is 2.56. The minimum Gasteiger partial charge on any atom is -0.507 e. The summed E-state index contributed by atoms with van der Waals surface area (Å²) in [5.74, 6) is -3.89. The van der Waals surface area contributed by atoms with E-state index in [0.717, 1.165) is 0 Å². The maximum absolute atomic E-state index is 13.6. The van der Waals surface area contributed by atoms with Crippen LogP contribution in [0, 0.1) is 0 Å². The van der Waals surface area contributed by atoms with Gasteiger partial charge in [-0.2, -0.15) is 0 Å². The van der Waals surface area contributed by atoms with Gasteiger partial charge >= 0.3 is 0 Å². The molecule has 2 heterocycles. The molecule has 2 fully saturated rings. The first-order valence-corrected chi connectivity index (χ1v) is 15.3. The highest BCUT2D eigenvalue weighted by molar-refractivity contribution is 6.31. The second-order valence-electron chi connectivity index (χ2n) is 12.6. The van der Waals surface area contributed by atoms with E-state index in [1.165, 1.54) is 18.2 Å². The molecule has 250 valence electrons. The molecule has 11 atom stereocenters. The Labute approximate surface area is 263 Å². The zero-order valence-electron chi connectivity index (χ0n) is 25.4. The molecular weight excluding hydrogens is 608 g/mol. The SMILES string of the molecule is CCC1(O)CC(OC2CC(O)C(OC3CC(O)C(O)C(C)O3)C(C)O2)c2c(O)c3c(c(O)c2C1O)C(=O)c1cccc(O)c1C3=O. The lowest BCUT2D eigenvalue weighted by atomic mass is 9.70. The number of ether oxygens (including phenoxy) is 4. The number of fused-ring (bicyclic) bond motifs is 3. The molecule has 4 aliphatic rings. The monoisotopic (exact) mass is 646 g/mol. The van der Waals surface area contributed by atoms with Crippen molar-refractivity contribution in [3.63, 3.8) is 0 Å². The minimum absolute atomic E-state index is 0.0326. The molecule has 2 aromatic carbocycles. The van der Waals surface area contributed by atoms with Crippen LogP contribution in [0.25, 0.3) is 0 Å². The highest BCUT2D eigenvalue weighted by Gasteiger charge is 2.52. The second-order valence-corrected chi connectivity index (χ2v) is 12.6. The molecule has 11 unspecified atom stereocenters. The fourth-order valence-corrected chi connectivity index (χ4v) is 7.07. The molecule has 0 saturated carbocycles. The smallest absolute Gasteiger partial charge is 0.202 e. The number of aliphatic hydroxyl groups is 5. The number of hydrogen-bond acceptors (Lipinski definition) is 14. The maximum atomic E-state index is 13.6. The molecule has 2 aliphatic carbocycles. The van der Waals surface area contributed by atoms with Crippen LogP contribution in [-0.2, 0) is 18.9 Å². The van der Waals surface area contributed by atoms with Crippen molar-refractivity contribution >= 4 is 11.6 Å². The van der Waals surface area contributed by atoms with Crippen molar-refractivity contribution < 1.29 is 69.4 Å². The van der Waals surface area contributed by atoms with Crippen LogP contribution in [-0.4, -0.2) is 107 Å². The van der Waals surface area contributed by atoms with Gasteiger partial charge in [0.15, 0.2) is 18.4 Å². The Hall–Kier alpha value is -3.18. The number of aromatic hydroxyl groups is 3. The Kier molecular flexibility index (Phi) is 8.41. The summed E-state index contributed by atoms with van der Waals surface area (Å²) >= 11 is 0. The van der Waals surface area contributed by atoms with Gasteiger partial charge in [-0.1, -0.05) is 19.1 Å². The Morgan fingerprint density at radius 3 is 2.09 bits per heavy atom. The number of rotatable bonds is 5. The van der Waals surface area contributed by atoms with Crippen LogP contribution >= 0.6 is 0 Å². The summed E-state index contributed by atoms with van der Waals surface area (Å²) in [6, 6.07) is 3.84. The lowest BCUT2D eigenvalue weighted by Crippen LogP contribution is -2.54. The molecule has 6 rings (SSSR count). The lowest BCUT2D eigenvalue weighted by molar-refractivity contribution is -0.318. The molecule has 0 bridgehead atoms. The third kappa shape index (κ3) is 5.09. The number of ketones is 2. The third-order valence-corrected chi connectivity index (χ3v) is 9.69. The van der Waals surface area contributed by atoms with E-state index in [1.807, 2.05) is 0 Å². The Morgan fingerprint density at radius 1 is 0.826 bits per heavy atom. The predicted octanol–water partition coefficient (Wildman–Crippen LogP) is 0.952. The van der Waals surface area contributed by atoms with Crippen LogP contribution in [0.1, 0.15) is 102 Å². The number of phenolic OH excluding ortho intramolecular Hbond substituents is 3. The van der Waals surface area contributed by atoms with E-state index < -0.39 is 113 Å². The number of hydrogen-bond donors (Lipinski definition) is 8. The molecule has 2 aliphatic heterocycles. The van der Waals surface area contributed by atoms with Crippen molar-refractivity contribution in [1.82, 2.24) is 0 Å². The van der Waals surface area contributed by atoms with Gasteiger partial charge in [0.2, 0.25) is 5.78 Å². The van der Waals surface area contributed by atoms with Crippen LogP contribution in [0.5, 0.6) is 17.2 Å². The van der Waals surface area contributed by atoms with Crippen molar-refractivity contribution in [3.05, 3.63) is 51.6 Å². The Morgan fingerprint density at radius 2 is 1.43 bits per heavy atom. The Bertz CT molecular complexity index is 1530. The normalized spacial score (nSPS) is 37.4. The van der Waals surface area contributed by atoms with Crippen molar-refractivity contribution in [2.75, 3.05) is 0 Å². The highest BCUT2D eigenvalue weighted by atomic mass is 16.7. The summed E-state index contributed by atoms with van der Waals surface area (Å²) < 4.78 is 23.7. The molecule has 0 radical (unpaired) electrons. The van der Waals surface area contributed by atoms with Crippen molar-refractivity contribution in [2.45, 2.75) is 113 Å². The summed E-state index contributed by atoms with van der Waals surface area (Å²) in [5.41, 5.74) is -4.26. The van der Waals surface area contributed by atoms with Crippen molar-refractivity contribution in [2.24, 2.45) is 0 Å². The first kappa shape index (κ1) is 32.7. The summed E-state index contributed by atoms with van der Waals surface area (Å²) in [4.78, 5) is 27.1. The fourth-order valence-electron chi connectivity index (χ4n) is 7.07. The van der Waals surface area contributed by atoms with Gasteiger partial charge in [0.05, 0.1) is 52.8 Å². The van der Waals surface area contributed by atoms with E-state index in [2.05, 4.69) is 0 Å². The average molecular weight is 647 g/mol. The summed E-state index contributed by atoms with van der Waals surface area (Å²) in [5, 5.41) is 87.2. The van der Waals surface area contributed by atoms with Crippen LogP contribution < -0.4 is 0 Å². The molecule has 2 saturated heterocycles. The summed E-state index contributed by atoms with van der Waals surface area (Å²) in [6.45, 7) is 4.77. The number of benzene rings is 2. The quantitative estimate of drug-likeness (QED) is 0.180. The first-order chi connectivity index (χ1) is 21.7. The minimum atomic E-state index is -1.90. The van der Waals surface area contributed by atoms with Gasteiger partial charge < -0.3 is 59.8 Å². The van der Waals surface area contributed by atoms with Crippen LogP contribution in [0.4, 0.5) is 0 Å². The first-order valence-electron chi connectivity index (χ1n) is 15.3. The van der Waals surface area contributed by atoms with Crippen LogP contribution in [0.15, 0.2) is 18.2 Å². The zero-order valence-corrected chi connectivity index (χ0v) is 25.4. The van der Waals surface area contributed by atoms with Crippen LogP contribution in [0.2, 0.25) is 0 Å². The number of phenols is 3. The number of carbonyl (C=O) groups is 2. The standard InChI is InChI=1S/C32H38O14/c1-4-32(42)10-17(45-18-9-16(35)30(12(3)44-18)46-19-8-15(34)25(36)11(2)43-19)21-24(31(32)41)29(40)22-23(28(21)39)27(38)20-13(26(22)37)6-5-7-14(20)33/h5-7,11-12,15-19,25,30-31,33-36,39-42H,4,8-10H2,1-3H3. The maximum Gasteiger partial charge on any atom is 0.202 e. The molecule has 8 N–H and O–H groups in total. The van der Waals surface area contributed by atoms with E-state index in [4.69, 9.17) is 18.9 Å². The van der Waals surface area contributed by atoms with Gasteiger partial charge in [0.25, 0.3) is 0 Å². The molecule has 2 aromatic rings. The lowest BCUT2D eigenvalue weighted by Gasteiger charge is -2.45. The molecular formula is C32H38O14. The largest absolute Gasteiger partial charge is 0.507 e. The van der Waals surface area contributed by atoms with E-state index in [-0.39, 0.29) is 42.4 Å². The fraction of sp³-hybridized carbons (Fsp3) is 0.562. The molecule has 46 heavy (non-hydrogen) atoms. The van der Waals surface area contributed by atoms with E-state index >= 15 is 0 Å². The van der Waals surface area contributed by atoms with Gasteiger partial charge in [0, 0.05) is 36.0 Å². The number of carbonyl (C=O) groups excluding carboxylic acids is 2. The van der Waals surface area contributed by atoms with Crippen molar-refractivity contribution in [3.8, 4) is 17.2 Å². The van der Waals surface area contributed by atoms with E-state index in [0.29, 0.717) is 0 Å².